The number of furan rings is 1. The molecular weight excluding hydrogens is 405 g/mol. The van der Waals surface area contributed by atoms with Crippen LogP contribution in [0.15, 0.2) is 45.9 Å². The summed E-state index contributed by atoms with van der Waals surface area (Å²) in [6.07, 6.45) is -1.42. The molecule has 0 bridgehead atoms. The zero-order valence-corrected chi connectivity index (χ0v) is 15.7. The topological polar surface area (TPSA) is 62.6 Å². The fraction of sp³-hybridized carbons (Fsp3) is 0.412. The van der Waals surface area contributed by atoms with E-state index in [2.05, 4.69) is 4.72 Å². The van der Waals surface area contributed by atoms with E-state index in [-0.39, 0.29) is 17.6 Å². The summed E-state index contributed by atoms with van der Waals surface area (Å²) in [6, 6.07) is 5.62. The standard InChI is InChI=1S/C17H18ClF3N2O3S/c18-12-5-6-16(13(10-12)17(19,20)21)27(24,25)22-11-14(15-4-3-9-26-15)23-7-1-2-8-23/h3-6,9-10,14,22H,1-2,7-8,11H2. The highest BCUT2D eigenvalue weighted by atomic mass is 35.5. The van der Waals surface area contributed by atoms with Crippen LogP contribution in [0.1, 0.15) is 30.2 Å². The van der Waals surface area contributed by atoms with E-state index in [9.17, 15) is 21.6 Å². The molecule has 1 aromatic heterocycles. The van der Waals surface area contributed by atoms with E-state index < -0.39 is 26.7 Å². The van der Waals surface area contributed by atoms with Crippen LogP contribution in [0.5, 0.6) is 0 Å². The minimum absolute atomic E-state index is 0.101. The molecule has 1 saturated heterocycles. The molecule has 0 spiro atoms. The molecule has 148 valence electrons. The predicted octanol–water partition coefficient (Wildman–Crippen LogP) is 4.07. The van der Waals surface area contributed by atoms with Gasteiger partial charge in [-0.25, -0.2) is 13.1 Å². The summed E-state index contributed by atoms with van der Waals surface area (Å²) in [5, 5.41) is -0.188. The molecule has 1 aromatic carbocycles. The lowest BCUT2D eigenvalue weighted by Crippen LogP contribution is -2.37. The van der Waals surface area contributed by atoms with E-state index in [1.54, 1.807) is 12.1 Å². The summed E-state index contributed by atoms with van der Waals surface area (Å²) < 4.78 is 72.6. The van der Waals surface area contributed by atoms with Crippen LogP contribution >= 0.6 is 11.6 Å². The van der Waals surface area contributed by atoms with Gasteiger partial charge in [0.25, 0.3) is 0 Å². The largest absolute Gasteiger partial charge is 0.468 e. The molecule has 1 atom stereocenters. The van der Waals surface area contributed by atoms with Crippen molar-refractivity contribution in [3.05, 3.63) is 52.9 Å². The van der Waals surface area contributed by atoms with Gasteiger partial charge in [-0.1, -0.05) is 11.6 Å². The molecule has 1 unspecified atom stereocenters. The minimum atomic E-state index is -4.84. The molecule has 2 heterocycles. The third-order valence-corrected chi connectivity index (χ3v) is 6.17. The van der Waals surface area contributed by atoms with Gasteiger partial charge in [0.2, 0.25) is 10.0 Å². The summed E-state index contributed by atoms with van der Waals surface area (Å²) >= 11 is 5.62. The van der Waals surface area contributed by atoms with Gasteiger partial charge in [-0.05, 0) is 56.3 Å². The van der Waals surface area contributed by atoms with Crippen molar-refractivity contribution in [2.45, 2.75) is 30.0 Å². The second-order valence-corrected chi connectivity index (χ2v) is 8.44. The second-order valence-electron chi connectivity index (χ2n) is 6.26. The summed E-state index contributed by atoms with van der Waals surface area (Å²) in [5.74, 6) is 0.562. The smallest absolute Gasteiger partial charge is 0.417 e. The van der Waals surface area contributed by atoms with E-state index in [0.717, 1.165) is 38.1 Å². The highest BCUT2D eigenvalue weighted by Gasteiger charge is 2.38. The van der Waals surface area contributed by atoms with E-state index >= 15 is 0 Å². The first-order valence-corrected chi connectivity index (χ1v) is 10.2. The third-order valence-electron chi connectivity index (χ3n) is 4.46. The van der Waals surface area contributed by atoms with Crippen molar-refractivity contribution in [3.63, 3.8) is 0 Å². The van der Waals surface area contributed by atoms with Crippen molar-refractivity contribution in [3.8, 4) is 0 Å². The van der Waals surface area contributed by atoms with Gasteiger partial charge in [0.05, 0.1) is 22.8 Å². The Balaban J connectivity index is 1.86. The van der Waals surface area contributed by atoms with Crippen molar-refractivity contribution in [1.82, 2.24) is 9.62 Å². The zero-order valence-electron chi connectivity index (χ0n) is 14.2. The Morgan fingerprint density at radius 3 is 2.52 bits per heavy atom. The number of nitrogens with zero attached hydrogens (tertiary/aromatic N) is 1. The monoisotopic (exact) mass is 422 g/mol. The Kier molecular flexibility index (Phi) is 5.85. The quantitative estimate of drug-likeness (QED) is 0.762. The Hall–Kier alpha value is -1.55. The van der Waals surface area contributed by atoms with Crippen LogP contribution in [-0.4, -0.2) is 33.0 Å². The maximum absolute atomic E-state index is 13.3. The van der Waals surface area contributed by atoms with Gasteiger partial charge >= 0.3 is 6.18 Å². The number of nitrogens with one attached hydrogen (secondary N) is 1. The summed E-state index contributed by atoms with van der Waals surface area (Å²) in [6.45, 7) is 1.43. The summed E-state index contributed by atoms with van der Waals surface area (Å²) in [5.41, 5.74) is -1.29. The number of alkyl halides is 3. The lowest BCUT2D eigenvalue weighted by molar-refractivity contribution is -0.139. The predicted molar refractivity (Wildman–Crippen MR) is 93.9 cm³/mol. The first kappa shape index (κ1) is 20.2. The van der Waals surface area contributed by atoms with E-state index in [1.807, 2.05) is 4.90 Å². The maximum atomic E-state index is 13.3. The Morgan fingerprint density at radius 1 is 1.22 bits per heavy atom. The molecular formula is C17H18ClF3N2O3S. The van der Waals surface area contributed by atoms with E-state index in [0.29, 0.717) is 11.8 Å². The number of sulfonamides is 1. The van der Waals surface area contributed by atoms with E-state index in [4.69, 9.17) is 16.0 Å². The highest BCUT2D eigenvalue weighted by molar-refractivity contribution is 7.89. The van der Waals surface area contributed by atoms with Gasteiger partial charge < -0.3 is 4.42 Å². The van der Waals surface area contributed by atoms with Crippen LogP contribution in [-0.2, 0) is 16.2 Å². The van der Waals surface area contributed by atoms with Crippen molar-refractivity contribution in [2.24, 2.45) is 0 Å². The number of rotatable bonds is 6. The van der Waals surface area contributed by atoms with Crippen LogP contribution in [0.4, 0.5) is 13.2 Å². The molecule has 2 aromatic rings. The van der Waals surface area contributed by atoms with Crippen molar-refractivity contribution >= 4 is 21.6 Å². The van der Waals surface area contributed by atoms with Gasteiger partial charge in [-0.15, -0.1) is 0 Å². The number of hydrogen-bond acceptors (Lipinski definition) is 4. The average molecular weight is 423 g/mol. The van der Waals surface area contributed by atoms with Crippen molar-refractivity contribution < 1.29 is 26.0 Å². The molecule has 0 amide bonds. The molecule has 10 heteroatoms. The number of benzene rings is 1. The van der Waals surface area contributed by atoms with Gasteiger partial charge in [0.1, 0.15) is 5.76 Å². The third kappa shape index (κ3) is 4.66. The first-order valence-electron chi connectivity index (χ1n) is 8.32. The maximum Gasteiger partial charge on any atom is 0.417 e. The van der Waals surface area contributed by atoms with Crippen molar-refractivity contribution in [1.29, 1.82) is 0 Å². The molecule has 27 heavy (non-hydrogen) atoms. The lowest BCUT2D eigenvalue weighted by Gasteiger charge is -2.26. The van der Waals surface area contributed by atoms with Crippen LogP contribution in [0.3, 0.4) is 0 Å². The zero-order chi connectivity index (χ0) is 19.7. The minimum Gasteiger partial charge on any atom is -0.468 e. The molecule has 1 aliphatic heterocycles. The SMILES string of the molecule is O=S(=O)(NCC(c1ccco1)N1CCCC1)c1ccc(Cl)cc1C(F)(F)F. The van der Waals surface area contributed by atoms with Gasteiger partial charge in [-0.3, -0.25) is 4.90 Å². The van der Waals surface area contributed by atoms with Crippen LogP contribution in [0, 0.1) is 0 Å². The number of halogens is 4. The molecule has 3 rings (SSSR count). The fourth-order valence-electron chi connectivity index (χ4n) is 3.17. The highest BCUT2D eigenvalue weighted by Crippen LogP contribution is 2.36. The fourth-order valence-corrected chi connectivity index (χ4v) is 4.58. The Labute approximate surface area is 160 Å². The van der Waals surface area contributed by atoms with Crippen LogP contribution in [0.25, 0.3) is 0 Å². The molecule has 1 N–H and O–H groups in total. The second kappa shape index (κ2) is 7.83. The van der Waals surface area contributed by atoms with Gasteiger partial charge in [-0.2, -0.15) is 13.2 Å². The molecule has 1 aliphatic rings. The van der Waals surface area contributed by atoms with E-state index in [1.165, 1.54) is 6.26 Å². The molecule has 1 fully saturated rings. The Morgan fingerprint density at radius 2 is 1.93 bits per heavy atom. The normalized spacial score (nSPS) is 17.3. The average Bonchev–Trinajstić information content (AvgIpc) is 3.28. The van der Waals surface area contributed by atoms with Crippen LogP contribution < -0.4 is 4.72 Å². The lowest BCUT2D eigenvalue weighted by atomic mass is 10.2. The first-order chi connectivity index (χ1) is 12.7. The number of hydrogen-bond donors (Lipinski definition) is 1. The molecule has 5 nitrogen and oxygen atoms in total. The molecule has 0 radical (unpaired) electrons. The summed E-state index contributed by atoms with van der Waals surface area (Å²) in [4.78, 5) is 1.20. The number of likely N-dealkylation sites (tertiary alicyclic amines) is 1. The van der Waals surface area contributed by atoms with Gasteiger partial charge in [0, 0.05) is 11.6 Å². The molecule has 0 saturated carbocycles. The molecule has 0 aliphatic carbocycles. The summed E-state index contributed by atoms with van der Waals surface area (Å²) in [7, 11) is -4.40. The van der Waals surface area contributed by atoms with Crippen molar-refractivity contribution in [2.75, 3.05) is 19.6 Å². The van der Waals surface area contributed by atoms with Gasteiger partial charge in [0.15, 0.2) is 0 Å². The Bertz CT molecular complexity index is 879. The van der Waals surface area contributed by atoms with Crippen LogP contribution in [0.2, 0.25) is 5.02 Å².